The van der Waals surface area contributed by atoms with Gasteiger partial charge in [-0.15, -0.1) is 11.3 Å². The van der Waals surface area contributed by atoms with Gasteiger partial charge in [0.1, 0.15) is 11.6 Å². The molecule has 1 atom stereocenters. The van der Waals surface area contributed by atoms with Crippen molar-refractivity contribution in [1.29, 1.82) is 0 Å². The van der Waals surface area contributed by atoms with E-state index in [2.05, 4.69) is 5.32 Å². The van der Waals surface area contributed by atoms with Crippen molar-refractivity contribution < 1.29 is 23.9 Å². The van der Waals surface area contributed by atoms with Crippen LogP contribution in [0.4, 0.5) is 9.59 Å². The van der Waals surface area contributed by atoms with Gasteiger partial charge in [-0.25, -0.2) is 9.59 Å². The molecule has 1 fully saturated rings. The molecule has 1 N–H and O–H groups in total. The lowest BCUT2D eigenvalue weighted by molar-refractivity contribution is -0.128. The van der Waals surface area contributed by atoms with Crippen LogP contribution in [0.2, 0.25) is 5.02 Å². The van der Waals surface area contributed by atoms with Gasteiger partial charge in [-0.3, -0.25) is 9.69 Å². The predicted octanol–water partition coefficient (Wildman–Crippen LogP) is 4.14. The van der Waals surface area contributed by atoms with E-state index in [4.69, 9.17) is 21.1 Å². The van der Waals surface area contributed by atoms with E-state index in [-0.39, 0.29) is 31.3 Å². The summed E-state index contributed by atoms with van der Waals surface area (Å²) in [6, 6.07) is 9.52. The number of thiophene rings is 1. The summed E-state index contributed by atoms with van der Waals surface area (Å²) < 4.78 is 10.9. The number of amides is 3. The molecule has 1 aliphatic heterocycles. The molecule has 1 saturated heterocycles. The van der Waals surface area contributed by atoms with Crippen LogP contribution < -0.4 is 10.1 Å². The molecule has 1 aromatic heterocycles. The summed E-state index contributed by atoms with van der Waals surface area (Å²) in [7, 11) is 0. The van der Waals surface area contributed by atoms with Crippen LogP contribution in [0.5, 0.6) is 5.75 Å². The van der Waals surface area contributed by atoms with Crippen LogP contribution in [0.15, 0.2) is 41.8 Å². The monoisotopic (exact) mass is 479 g/mol. The fourth-order valence-electron chi connectivity index (χ4n) is 3.10. The highest BCUT2D eigenvalue weighted by atomic mass is 35.5. The van der Waals surface area contributed by atoms with E-state index in [0.717, 1.165) is 4.88 Å². The average molecular weight is 480 g/mol. The van der Waals surface area contributed by atoms with Gasteiger partial charge in [-0.1, -0.05) is 29.8 Å². The first-order chi connectivity index (χ1) is 15.1. The van der Waals surface area contributed by atoms with Crippen LogP contribution in [-0.4, -0.2) is 59.2 Å². The van der Waals surface area contributed by atoms with Crippen LogP contribution >= 0.6 is 22.9 Å². The third kappa shape index (κ3) is 6.37. The lowest BCUT2D eigenvalue weighted by atomic mass is 10.1. The van der Waals surface area contributed by atoms with Crippen molar-refractivity contribution in [3.8, 4) is 5.75 Å². The summed E-state index contributed by atoms with van der Waals surface area (Å²) in [6.07, 6.45) is -1.24. The Morgan fingerprint density at radius 2 is 1.88 bits per heavy atom. The fourth-order valence-corrected chi connectivity index (χ4v) is 3.92. The molecular weight excluding hydrogens is 454 g/mol. The number of nitrogens with zero attached hydrogens (tertiary/aromatic N) is 2. The zero-order chi connectivity index (χ0) is 23.3. The quantitative estimate of drug-likeness (QED) is 0.712. The SMILES string of the molecule is CC(C)(C)OC(=O)N1CCN(C(=O)Oc2ccccc2Cl)CC1C(=O)NCc1cccs1. The molecule has 2 heterocycles. The molecule has 8 nitrogen and oxygen atoms in total. The van der Waals surface area contributed by atoms with Crippen molar-refractivity contribution in [2.75, 3.05) is 19.6 Å². The van der Waals surface area contributed by atoms with E-state index in [9.17, 15) is 14.4 Å². The fraction of sp³-hybridized carbons (Fsp3) is 0.409. The maximum absolute atomic E-state index is 13.0. The molecule has 0 spiro atoms. The van der Waals surface area contributed by atoms with Gasteiger partial charge in [0.2, 0.25) is 5.91 Å². The highest BCUT2D eigenvalue weighted by Gasteiger charge is 2.39. The van der Waals surface area contributed by atoms with Crippen molar-refractivity contribution in [2.45, 2.75) is 39.0 Å². The van der Waals surface area contributed by atoms with Gasteiger partial charge < -0.3 is 19.7 Å². The van der Waals surface area contributed by atoms with E-state index >= 15 is 0 Å². The zero-order valence-electron chi connectivity index (χ0n) is 18.2. The average Bonchev–Trinajstić information content (AvgIpc) is 3.25. The Hall–Kier alpha value is -2.78. The number of ether oxygens (including phenoxy) is 2. The van der Waals surface area contributed by atoms with Crippen LogP contribution in [0.1, 0.15) is 25.6 Å². The Kier molecular flexibility index (Phi) is 7.63. The summed E-state index contributed by atoms with van der Waals surface area (Å²) in [5.74, 6) is -0.146. The van der Waals surface area contributed by atoms with Crippen LogP contribution in [0, 0.1) is 0 Å². The van der Waals surface area contributed by atoms with Crippen molar-refractivity contribution in [3.63, 3.8) is 0 Å². The molecule has 0 aliphatic carbocycles. The molecular formula is C22H26ClN3O5S. The Morgan fingerprint density at radius 3 is 2.53 bits per heavy atom. The van der Waals surface area contributed by atoms with Crippen LogP contribution in [0.25, 0.3) is 0 Å². The number of halogens is 1. The van der Waals surface area contributed by atoms with Crippen molar-refractivity contribution in [1.82, 2.24) is 15.1 Å². The Morgan fingerprint density at radius 1 is 1.12 bits per heavy atom. The van der Waals surface area contributed by atoms with Crippen molar-refractivity contribution in [2.24, 2.45) is 0 Å². The molecule has 1 aromatic carbocycles. The van der Waals surface area contributed by atoms with E-state index in [1.54, 1.807) is 45.0 Å². The number of para-hydroxylation sites is 1. The zero-order valence-corrected chi connectivity index (χ0v) is 19.7. The van der Waals surface area contributed by atoms with Gasteiger partial charge in [0.15, 0.2) is 5.75 Å². The van der Waals surface area contributed by atoms with Gasteiger partial charge in [-0.05, 0) is 44.4 Å². The maximum Gasteiger partial charge on any atom is 0.415 e. The molecule has 1 aliphatic rings. The maximum atomic E-state index is 13.0. The molecule has 0 bridgehead atoms. The second-order valence-electron chi connectivity index (χ2n) is 8.23. The molecule has 3 rings (SSSR count). The van der Waals surface area contributed by atoms with Crippen LogP contribution in [-0.2, 0) is 16.1 Å². The molecule has 0 radical (unpaired) electrons. The Bertz CT molecular complexity index is 961. The minimum Gasteiger partial charge on any atom is -0.444 e. The summed E-state index contributed by atoms with van der Waals surface area (Å²) in [6.45, 7) is 5.90. The Balaban J connectivity index is 1.72. The Labute approximate surface area is 196 Å². The van der Waals surface area contributed by atoms with E-state index in [1.807, 2.05) is 17.5 Å². The van der Waals surface area contributed by atoms with Crippen molar-refractivity contribution in [3.05, 3.63) is 51.7 Å². The topological polar surface area (TPSA) is 88.2 Å². The third-order valence-electron chi connectivity index (χ3n) is 4.62. The van der Waals surface area contributed by atoms with Gasteiger partial charge in [0.25, 0.3) is 0 Å². The molecule has 172 valence electrons. The smallest absolute Gasteiger partial charge is 0.415 e. The summed E-state index contributed by atoms with van der Waals surface area (Å²) in [4.78, 5) is 42.2. The molecule has 32 heavy (non-hydrogen) atoms. The van der Waals surface area contributed by atoms with E-state index in [0.29, 0.717) is 11.6 Å². The standard InChI is InChI=1S/C22H26ClN3O5S/c1-22(2,3)31-21(29)26-11-10-25(20(28)30-18-9-5-4-8-16(18)23)14-17(26)19(27)24-13-15-7-6-12-32-15/h4-9,12,17H,10-11,13-14H2,1-3H3,(H,24,27). The summed E-state index contributed by atoms with van der Waals surface area (Å²) in [5, 5.41) is 5.07. The number of rotatable bonds is 4. The normalized spacial score (nSPS) is 16.4. The lowest BCUT2D eigenvalue weighted by Gasteiger charge is -2.40. The number of carbonyl (C=O) groups excluding carboxylic acids is 3. The molecule has 10 heteroatoms. The lowest BCUT2D eigenvalue weighted by Crippen LogP contribution is -2.62. The largest absolute Gasteiger partial charge is 0.444 e. The summed E-state index contributed by atoms with van der Waals surface area (Å²) in [5.41, 5.74) is -0.713. The molecule has 3 amide bonds. The number of hydrogen-bond donors (Lipinski definition) is 1. The van der Waals surface area contributed by atoms with Gasteiger partial charge in [0, 0.05) is 18.0 Å². The minimum atomic E-state index is -0.919. The number of nitrogens with one attached hydrogen (secondary N) is 1. The number of benzene rings is 1. The second-order valence-corrected chi connectivity index (χ2v) is 9.67. The second kappa shape index (κ2) is 10.2. The molecule has 2 aromatic rings. The number of piperazine rings is 1. The van der Waals surface area contributed by atoms with Gasteiger partial charge >= 0.3 is 12.2 Å². The highest BCUT2D eigenvalue weighted by molar-refractivity contribution is 7.09. The van der Waals surface area contributed by atoms with Gasteiger partial charge in [0.05, 0.1) is 18.1 Å². The van der Waals surface area contributed by atoms with Gasteiger partial charge in [-0.2, -0.15) is 0 Å². The predicted molar refractivity (Wildman–Crippen MR) is 122 cm³/mol. The molecule has 1 unspecified atom stereocenters. The summed E-state index contributed by atoms with van der Waals surface area (Å²) >= 11 is 7.59. The first kappa shape index (κ1) is 23.9. The highest BCUT2D eigenvalue weighted by Crippen LogP contribution is 2.24. The minimum absolute atomic E-state index is 0.0290. The number of carbonyl (C=O) groups is 3. The van der Waals surface area contributed by atoms with Crippen molar-refractivity contribution >= 4 is 41.0 Å². The third-order valence-corrected chi connectivity index (χ3v) is 5.81. The first-order valence-corrected chi connectivity index (χ1v) is 11.4. The molecule has 0 saturated carbocycles. The number of hydrogen-bond acceptors (Lipinski definition) is 6. The first-order valence-electron chi connectivity index (χ1n) is 10.1. The van der Waals surface area contributed by atoms with Crippen LogP contribution in [0.3, 0.4) is 0 Å². The van der Waals surface area contributed by atoms with E-state index < -0.39 is 23.8 Å². The van der Waals surface area contributed by atoms with E-state index in [1.165, 1.54) is 21.1 Å².